The van der Waals surface area contributed by atoms with E-state index in [1.165, 1.54) is 17.1 Å². The van der Waals surface area contributed by atoms with Crippen LogP contribution in [0.4, 0.5) is 4.39 Å². The first-order valence-corrected chi connectivity index (χ1v) is 4.75. The molecule has 0 aliphatic carbocycles. The molecule has 66 valence electrons. The molecule has 0 N–H and O–H groups in total. The number of hydrogen-bond donors (Lipinski definition) is 0. The molecule has 0 amide bonds. The van der Waals surface area contributed by atoms with Crippen LogP contribution >= 0.6 is 11.3 Å². The van der Waals surface area contributed by atoms with Gasteiger partial charge in [0.1, 0.15) is 5.82 Å². The number of nitrogens with zero attached hydrogens (tertiary/aromatic N) is 1. The number of thiophene rings is 1. The van der Waals surface area contributed by atoms with Gasteiger partial charge < -0.3 is 0 Å². The van der Waals surface area contributed by atoms with Crippen molar-refractivity contribution in [1.29, 1.82) is 0 Å². The van der Waals surface area contributed by atoms with Gasteiger partial charge in [0.05, 0.1) is 6.20 Å². The van der Waals surface area contributed by atoms with Crippen molar-refractivity contribution in [2.75, 3.05) is 0 Å². The second-order valence-electron chi connectivity index (χ2n) is 2.80. The van der Waals surface area contributed by atoms with Crippen molar-refractivity contribution in [1.82, 2.24) is 4.98 Å². The number of aryl methyl sites for hydroxylation is 1. The van der Waals surface area contributed by atoms with Crippen molar-refractivity contribution in [2.24, 2.45) is 0 Å². The number of rotatable bonds is 1. The first kappa shape index (κ1) is 8.38. The summed E-state index contributed by atoms with van der Waals surface area (Å²) in [5.74, 6) is -0.288. The summed E-state index contributed by atoms with van der Waals surface area (Å²) in [5.41, 5.74) is 0.845. The van der Waals surface area contributed by atoms with E-state index in [-0.39, 0.29) is 5.82 Å². The van der Waals surface area contributed by atoms with Crippen molar-refractivity contribution in [3.8, 4) is 10.4 Å². The standard InChI is InChI=1S/C10H8FNS/c1-7-2-3-10(13-7)8-4-9(11)6-12-5-8/h2-6H,1H3. The van der Waals surface area contributed by atoms with Gasteiger partial charge in [-0.25, -0.2) is 4.39 Å². The first-order valence-electron chi connectivity index (χ1n) is 3.93. The molecule has 2 aromatic rings. The van der Waals surface area contributed by atoms with Crippen molar-refractivity contribution in [3.05, 3.63) is 41.3 Å². The Morgan fingerprint density at radius 3 is 2.77 bits per heavy atom. The van der Waals surface area contributed by atoms with E-state index < -0.39 is 0 Å². The molecule has 0 atom stereocenters. The predicted molar refractivity (Wildman–Crippen MR) is 52.2 cm³/mol. The zero-order valence-corrected chi connectivity index (χ0v) is 7.94. The topological polar surface area (TPSA) is 12.9 Å². The van der Waals surface area contributed by atoms with Gasteiger partial charge in [0.2, 0.25) is 0 Å². The fourth-order valence-electron chi connectivity index (χ4n) is 1.14. The Balaban J connectivity index is 2.46. The third-order valence-corrected chi connectivity index (χ3v) is 2.78. The molecule has 0 bridgehead atoms. The molecule has 0 saturated heterocycles. The van der Waals surface area contributed by atoms with Crippen LogP contribution in [0.2, 0.25) is 0 Å². The molecule has 0 aromatic carbocycles. The minimum Gasteiger partial charge on any atom is -0.261 e. The van der Waals surface area contributed by atoms with Gasteiger partial charge in [0.15, 0.2) is 0 Å². The van der Waals surface area contributed by atoms with Crippen molar-refractivity contribution >= 4 is 11.3 Å². The van der Waals surface area contributed by atoms with E-state index in [9.17, 15) is 4.39 Å². The molecule has 0 saturated carbocycles. The van der Waals surface area contributed by atoms with Crippen molar-refractivity contribution in [2.45, 2.75) is 6.92 Å². The Hall–Kier alpha value is -1.22. The second kappa shape index (κ2) is 3.26. The number of pyridine rings is 1. The van der Waals surface area contributed by atoms with Gasteiger partial charge in [0.25, 0.3) is 0 Å². The molecule has 0 radical (unpaired) electrons. The third-order valence-electron chi connectivity index (χ3n) is 1.73. The minimum atomic E-state index is -0.288. The van der Waals surface area contributed by atoms with Crippen LogP contribution in [0.25, 0.3) is 10.4 Å². The highest BCUT2D eigenvalue weighted by Crippen LogP contribution is 2.26. The Morgan fingerprint density at radius 2 is 2.15 bits per heavy atom. The minimum absolute atomic E-state index is 0.288. The lowest BCUT2D eigenvalue weighted by Crippen LogP contribution is -1.79. The van der Waals surface area contributed by atoms with E-state index in [0.29, 0.717) is 0 Å². The van der Waals surface area contributed by atoms with Crippen LogP contribution < -0.4 is 0 Å². The molecule has 3 heteroatoms. The fourth-order valence-corrected chi connectivity index (χ4v) is 1.98. The van der Waals surface area contributed by atoms with Gasteiger partial charge in [-0.3, -0.25) is 4.98 Å². The highest BCUT2D eigenvalue weighted by molar-refractivity contribution is 7.15. The highest BCUT2D eigenvalue weighted by Gasteiger charge is 2.01. The molecule has 2 rings (SSSR count). The summed E-state index contributed by atoms with van der Waals surface area (Å²) in [6.45, 7) is 2.03. The number of hydrogen-bond acceptors (Lipinski definition) is 2. The Morgan fingerprint density at radius 1 is 1.31 bits per heavy atom. The Bertz CT molecular complexity index is 422. The van der Waals surface area contributed by atoms with E-state index >= 15 is 0 Å². The van der Waals surface area contributed by atoms with Gasteiger partial charge >= 0.3 is 0 Å². The molecule has 0 spiro atoms. The molecule has 2 aromatic heterocycles. The van der Waals surface area contributed by atoms with Crippen LogP contribution in [0.15, 0.2) is 30.6 Å². The van der Waals surface area contributed by atoms with Crippen molar-refractivity contribution in [3.63, 3.8) is 0 Å². The average Bonchev–Trinajstić information content (AvgIpc) is 2.52. The number of halogens is 1. The van der Waals surface area contributed by atoms with Gasteiger partial charge in [-0.05, 0) is 25.1 Å². The van der Waals surface area contributed by atoms with Crippen LogP contribution in [-0.4, -0.2) is 4.98 Å². The maximum atomic E-state index is 12.8. The van der Waals surface area contributed by atoms with Crippen LogP contribution in [0.1, 0.15) is 4.88 Å². The zero-order chi connectivity index (χ0) is 9.26. The van der Waals surface area contributed by atoms with Crippen LogP contribution in [0, 0.1) is 12.7 Å². The van der Waals surface area contributed by atoms with Gasteiger partial charge in [-0.15, -0.1) is 11.3 Å². The highest BCUT2D eigenvalue weighted by atomic mass is 32.1. The average molecular weight is 193 g/mol. The van der Waals surface area contributed by atoms with E-state index in [1.807, 2.05) is 19.1 Å². The lowest BCUT2D eigenvalue weighted by molar-refractivity contribution is 0.622. The largest absolute Gasteiger partial charge is 0.261 e. The quantitative estimate of drug-likeness (QED) is 0.677. The van der Waals surface area contributed by atoms with Gasteiger partial charge in [-0.1, -0.05) is 0 Å². The van der Waals surface area contributed by atoms with E-state index in [2.05, 4.69) is 4.98 Å². The van der Waals surface area contributed by atoms with Crippen LogP contribution in [-0.2, 0) is 0 Å². The molecule has 2 heterocycles. The van der Waals surface area contributed by atoms with E-state index in [0.717, 1.165) is 10.4 Å². The summed E-state index contributed by atoms with van der Waals surface area (Å²) in [5, 5.41) is 0. The van der Waals surface area contributed by atoms with E-state index in [4.69, 9.17) is 0 Å². The summed E-state index contributed by atoms with van der Waals surface area (Å²) in [4.78, 5) is 6.08. The lowest BCUT2D eigenvalue weighted by atomic mass is 10.2. The fraction of sp³-hybridized carbons (Fsp3) is 0.100. The maximum absolute atomic E-state index is 12.8. The molecule has 0 aliphatic heterocycles. The van der Waals surface area contributed by atoms with Gasteiger partial charge in [-0.2, -0.15) is 0 Å². The molecule has 1 nitrogen and oxygen atoms in total. The number of aromatic nitrogens is 1. The Labute approximate surface area is 79.9 Å². The second-order valence-corrected chi connectivity index (χ2v) is 4.09. The molecule has 0 unspecified atom stereocenters. The third kappa shape index (κ3) is 1.75. The molecule has 0 fully saturated rings. The normalized spacial score (nSPS) is 10.3. The summed E-state index contributed by atoms with van der Waals surface area (Å²) in [6.07, 6.45) is 2.89. The summed E-state index contributed by atoms with van der Waals surface area (Å²) >= 11 is 1.64. The first-order chi connectivity index (χ1) is 6.25. The zero-order valence-electron chi connectivity index (χ0n) is 7.12. The molecular weight excluding hydrogens is 185 g/mol. The van der Waals surface area contributed by atoms with E-state index in [1.54, 1.807) is 17.5 Å². The van der Waals surface area contributed by atoms with Crippen LogP contribution in [0.5, 0.6) is 0 Å². The smallest absolute Gasteiger partial charge is 0.142 e. The SMILES string of the molecule is Cc1ccc(-c2cncc(F)c2)s1. The molecule has 13 heavy (non-hydrogen) atoms. The maximum Gasteiger partial charge on any atom is 0.142 e. The molecular formula is C10H8FNS. The van der Waals surface area contributed by atoms with Crippen LogP contribution in [0.3, 0.4) is 0 Å². The van der Waals surface area contributed by atoms with Gasteiger partial charge in [0, 0.05) is 21.5 Å². The summed E-state index contributed by atoms with van der Waals surface area (Å²) in [7, 11) is 0. The van der Waals surface area contributed by atoms with Crippen molar-refractivity contribution < 1.29 is 4.39 Å². The monoisotopic (exact) mass is 193 g/mol. The summed E-state index contributed by atoms with van der Waals surface area (Å²) < 4.78 is 12.8. The Kier molecular flexibility index (Phi) is 2.10. The predicted octanol–water partition coefficient (Wildman–Crippen LogP) is 3.26. The lowest BCUT2D eigenvalue weighted by Gasteiger charge is -1.95. The summed E-state index contributed by atoms with van der Waals surface area (Å²) in [6, 6.07) is 5.50. The molecule has 0 aliphatic rings.